The Morgan fingerprint density at radius 1 is 1.22 bits per heavy atom. The van der Waals surface area contributed by atoms with Gasteiger partial charge in [0, 0.05) is 11.8 Å². The van der Waals surface area contributed by atoms with E-state index < -0.39 is 23.2 Å². The number of aromatic nitrogens is 2. The van der Waals surface area contributed by atoms with E-state index in [2.05, 4.69) is 11.2 Å². The van der Waals surface area contributed by atoms with E-state index in [-0.39, 0.29) is 41.8 Å². The summed E-state index contributed by atoms with van der Waals surface area (Å²) in [6.45, 7) is 4.64. The summed E-state index contributed by atoms with van der Waals surface area (Å²) in [4.78, 5) is 32.0. The number of halogens is 1. The molecule has 1 heterocycles. The molecule has 1 atom stereocenters. The van der Waals surface area contributed by atoms with Crippen LogP contribution in [0.5, 0.6) is 5.75 Å². The third-order valence-electron chi connectivity index (χ3n) is 5.41. The third-order valence-corrected chi connectivity index (χ3v) is 5.41. The van der Waals surface area contributed by atoms with E-state index in [9.17, 15) is 24.3 Å². The Bertz CT molecular complexity index is 1440. The molecule has 1 aromatic heterocycles. The lowest BCUT2D eigenvalue weighted by Crippen LogP contribution is -2.43. The van der Waals surface area contributed by atoms with Crippen LogP contribution in [0.2, 0.25) is 0 Å². The van der Waals surface area contributed by atoms with E-state index in [4.69, 9.17) is 9.57 Å². The minimum atomic E-state index is -1.33. The third kappa shape index (κ3) is 5.87. The molecule has 0 saturated carbocycles. The van der Waals surface area contributed by atoms with Crippen molar-refractivity contribution in [3.05, 3.63) is 97.6 Å². The Labute approximate surface area is 207 Å². The molecule has 0 bridgehead atoms. The van der Waals surface area contributed by atoms with Crippen LogP contribution < -0.4 is 16.0 Å². The molecule has 188 valence electrons. The van der Waals surface area contributed by atoms with Crippen molar-refractivity contribution in [3.8, 4) is 11.8 Å². The fraction of sp³-hybridized carbons (Fsp3) is 0.308. The normalized spacial score (nSPS) is 12.3. The maximum atomic E-state index is 13.9. The van der Waals surface area contributed by atoms with Crippen LogP contribution in [0.25, 0.3) is 0 Å². The summed E-state index contributed by atoms with van der Waals surface area (Å²) in [6.07, 6.45) is -0.282. The highest BCUT2D eigenvalue weighted by Gasteiger charge is 2.20. The first-order chi connectivity index (χ1) is 17.2. The smallest absolute Gasteiger partial charge is 0.331 e. The van der Waals surface area contributed by atoms with Crippen LogP contribution in [0.15, 0.2) is 63.4 Å². The predicted octanol–water partition coefficient (Wildman–Crippen LogP) is 2.96. The van der Waals surface area contributed by atoms with Gasteiger partial charge in [-0.25, -0.2) is 9.18 Å². The second-order valence-electron chi connectivity index (χ2n) is 8.37. The van der Waals surface area contributed by atoms with Gasteiger partial charge >= 0.3 is 5.69 Å². The number of benzene rings is 2. The Hall–Kier alpha value is -4.23. The van der Waals surface area contributed by atoms with Gasteiger partial charge in [-0.15, -0.1) is 0 Å². The number of nitriles is 1. The predicted molar refractivity (Wildman–Crippen MR) is 132 cm³/mol. The quantitative estimate of drug-likeness (QED) is 0.361. The molecule has 0 spiro atoms. The van der Waals surface area contributed by atoms with Crippen molar-refractivity contribution in [2.24, 2.45) is 5.16 Å². The van der Waals surface area contributed by atoms with Crippen LogP contribution in [0.4, 0.5) is 4.39 Å². The fourth-order valence-electron chi connectivity index (χ4n) is 3.59. The van der Waals surface area contributed by atoms with E-state index in [1.165, 1.54) is 25.4 Å². The highest BCUT2D eigenvalue weighted by molar-refractivity contribution is 5.97. The minimum Gasteiger partial charge on any atom is -0.496 e. The highest BCUT2D eigenvalue weighted by atomic mass is 19.1. The summed E-state index contributed by atoms with van der Waals surface area (Å²) >= 11 is 0. The highest BCUT2D eigenvalue weighted by Crippen LogP contribution is 2.27. The van der Waals surface area contributed by atoms with Crippen LogP contribution in [0.3, 0.4) is 0 Å². The lowest BCUT2D eigenvalue weighted by atomic mass is 10.1. The van der Waals surface area contributed by atoms with Gasteiger partial charge < -0.3 is 14.7 Å². The van der Waals surface area contributed by atoms with Gasteiger partial charge in [0.05, 0.1) is 43.1 Å². The molecule has 3 rings (SSSR count). The number of oxime groups is 1. The molecule has 36 heavy (non-hydrogen) atoms. The standard InChI is InChI=1S/C26H27FN4O5/c1-16(2)36-29-17(3)22-14-30(15-23(32)21-11-20(27)9-10-24(21)35-4)26(34)31(25(22)33)13-19-8-6-5-7-18(19)12-28/h5-11,14,16,23,32H,13,15H2,1-4H3/b29-17+. The summed E-state index contributed by atoms with van der Waals surface area (Å²) in [5.74, 6) is -0.332. The Morgan fingerprint density at radius 2 is 1.94 bits per heavy atom. The number of hydrogen-bond acceptors (Lipinski definition) is 7. The van der Waals surface area contributed by atoms with Crippen molar-refractivity contribution in [1.82, 2.24) is 9.13 Å². The van der Waals surface area contributed by atoms with E-state index >= 15 is 0 Å². The minimum absolute atomic E-state index is 0.0723. The van der Waals surface area contributed by atoms with Gasteiger partial charge in [-0.05, 0) is 50.6 Å². The molecule has 0 saturated heterocycles. The molecular weight excluding hydrogens is 467 g/mol. The molecule has 0 radical (unpaired) electrons. The first-order valence-electron chi connectivity index (χ1n) is 11.2. The average molecular weight is 495 g/mol. The van der Waals surface area contributed by atoms with E-state index in [0.29, 0.717) is 11.1 Å². The van der Waals surface area contributed by atoms with Gasteiger partial charge in [0.2, 0.25) is 0 Å². The maximum Gasteiger partial charge on any atom is 0.331 e. The summed E-state index contributed by atoms with van der Waals surface area (Å²) < 4.78 is 21.2. The molecule has 2 aromatic carbocycles. The van der Waals surface area contributed by atoms with Gasteiger partial charge in [-0.1, -0.05) is 23.4 Å². The number of aliphatic hydroxyl groups excluding tert-OH is 1. The van der Waals surface area contributed by atoms with E-state index in [1.54, 1.807) is 45.0 Å². The van der Waals surface area contributed by atoms with E-state index in [1.807, 2.05) is 0 Å². The second kappa shape index (κ2) is 11.5. The van der Waals surface area contributed by atoms with Gasteiger partial charge in [-0.2, -0.15) is 5.26 Å². The Kier molecular flexibility index (Phi) is 8.40. The van der Waals surface area contributed by atoms with Gasteiger partial charge in [0.15, 0.2) is 0 Å². The second-order valence-corrected chi connectivity index (χ2v) is 8.37. The molecule has 0 aliphatic heterocycles. The zero-order valence-corrected chi connectivity index (χ0v) is 20.4. The molecule has 9 nitrogen and oxygen atoms in total. The van der Waals surface area contributed by atoms with Crippen LogP contribution in [0.1, 0.15) is 49.1 Å². The summed E-state index contributed by atoms with van der Waals surface area (Å²) in [5.41, 5.74) is -0.112. The molecule has 10 heteroatoms. The van der Waals surface area contributed by atoms with Crippen LogP contribution in [0, 0.1) is 17.1 Å². The van der Waals surface area contributed by atoms with Gasteiger partial charge in [0.25, 0.3) is 5.56 Å². The topological polar surface area (TPSA) is 119 Å². The Morgan fingerprint density at radius 3 is 2.61 bits per heavy atom. The first-order valence-corrected chi connectivity index (χ1v) is 11.2. The summed E-state index contributed by atoms with van der Waals surface area (Å²) in [6, 6.07) is 12.4. The van der Waals surface area contributed by atoms with Crippen molar-refractivity contribution >= 4 is 5.71 Å². The largest absolute Gasteiger partial charge is 0.496 e. The SMILES string of the molecule is COc1ccc(F)cc1C(O)Cn1cc(/C(C)=N/OC(C)C)c(=O)n(Cc2ccccc2C#N)c1=O. The fourth-order valence-corrected chi connectivity index (χ4v) is 3.59. The zero-order chi connectivity index (χ0) is 26.4. The lowest BCUT2D eigenvalue weighted by molar-refractivity contribution is 0.0859. The number of hydrogen-bond donors (Lipinski definition) is 1. The average Bonchev–Trinajstić information content (AvgIpc) is 2.86. The number of aliphatic hydroxyl groups is 1. The maximum absolute atomic E-state index is 13.9. The van der Waals surface area contributed by atoms with Gasteiger partial charge in [0.1, 0.15) is 23.8 Å². The number of rotatable bonds is 9. The van der Waals surface area contributed by atoms with Crippen LogP contribution in [-0.2, 0) is 17.9 Å². The molecule has 1 unspecified atom stereocenters. The zero-order valence-electron chi connectivity index (χ0n) is 20.4. The summed E-state index contributed by atoms with van der Waals surface area (Å²) in [7, 11) is 1.38. The summed E-state index contributed by atoms with van der Waals surface area (Å²) in [5, 5.41) is 24.3. The lowest BCUT2D eigenvalue weighted by Gasteiger charge is -2.18. The molecular formula is C26H27FN4O5. The van der Waals surface area contributed by atoms with Crippen LogP contribution in [-0.4, -0.2) is 33.2 Å². The number of ether oxygens (including phenoxy) is 1. The van der Waals surface area contributed by atoms with E-state index in [0.717, 1.165) is 15.2 Å². The van der Waals surface area contributed by atoms with Crippen molar-refractivity contribution in [1.29, 1.82) is 5.26 Å². The molecule has 0 amide bonds. The first kappa shape index (κ1) is 26.4. The van der Waals surface area contributed by atoms with Crippen molar-refractivity contribution in [3.63, 3.8) is 0 Å². The molecule has 0 aliphatic carbocycles. The van der Waals surface area contributed by atoms with Crippen LogP contribution >= 0.6 is 0 Å². The van der Waals surface area contributed by atoms with Crippen molar-refractivity contribution in [2.75, 3.05) is 7.11 Å². The van der Waals surface area contributed by atoms with Crippen molar-refractivity contribution in [2.45, 2.75) is 46.1 Å². The molecule has 0 aliphatic rings. The molecule has 0 fully saturated rings. The number of methoxy groups -OCH3 is 1. The van der Waals surface area contributed by atoms with Crippen molar-refractivity contribution < 1.29 is 19.1 Å². The Balaban J connectivity index is 2.15. The molecule has 1 N–H and O–H groups in total. The molecule has 3 aromatic rings. The monoisotopic (exact) mass is 494 g/mol. The van der Waals surface area contributed by atoms with Gasteiger partial charge in [-0.3, -0.25) is 13.9 Å². The number of nitrogens with zero attached hydrogens (tertiary/aromatic N) is 4.